The number of fused-ring (bicyclic) bond motifs is 1. The Hall–Kier alpha value is -1.54. The predicted molar refractivity (Wildman–Crippen MR) is 91.1 cm³/mol. The number of methoxy groups -OCH3 is 1. The summed E-state index contributed by atoms with van der Waals surface area (Å²) in [6, 6.07) is 13.4. The molecular formula is C19H27NO. The lowest BCUT2D eigenvalue weighted by molar-refractivity contribution is 0.415. The highest BCUT2D eigenvalue weighted by molar-refractivity contribution is 5.87. The van der Waals surface area contributed by atoms with Crippen LogP contribution in [0, 0.1) is 5.92 Å². The zero-order valence-corrected chi connectivity index (χ0v) is 13.6. The molecule has 2 heteroatoms. The smallest absolute Gasteiger partial charge is 0.119 e. The predicted octanol–water partition coefficient (Wildman–Crippen LogP) is 4.42. The van der Waals surface area contributed by atoms with Crippen LogP contribution in [0.25, 0.3) is 10.8 Å². The Bertz CT molecular complexity index is 577. The Morgan fingerprint density at radius 1 is 1.10 bits per heavy atom. The molecule has 0 bridgehead atoms. The van der Waals surface area contributed by atoms with Crippen molar-refractivity contribution in [1.82, 2.24) is 5.32 Å². The maximum atomic E-state index is 5.37. The molecule has 21 heavy (non-hydrogen) atoms. The monoisotopic (exact) mass is 285 g/mol. The standard InChI is InChI=1S/C19H27NO/c1-14(2)8-10-17(20-3)12-16-7-5-6-15-9-11-18(21-4)13-19(15)16/h5-7,9,11,13-14,17,20H,8,10,12H2,1-4H3. The van der Waals surface area contributed by atoms with Crippen LogP contribution in [0.1, 0.15) is 32.3 Å². The van der Waals surface area contributed by atoms with Crippen LogP contribution in [-0.4, -0.2) is 20.2 Å². The van der Waals surface area contributed by atoms with Crippen LogP contribution in [-0.2, 0) is 6.42 Å². The van der Waals surface area contributed by atoms with E-state index in [-0.39, 0.29) is 0 Å². The molecule has 0 aliphatic heterocycles. The SMILES string of the molecule is CNC(CCC(C)C)Cc1cccc2ccc(OC)cc12. The summed E-state index contributed by atoms with van der Waals surface area (Å²) in [4.78, 5) is 0. The lowest BCUT2D eigenvalue weighted by atomic mass is 9.94. The average molecular weight is 285 g/mol. The first-order valence-electron chi connectivity index (χ1n) is 7.87. The number of hydrogen-bond donors (Lipinski definition) is 1. The van der Waals surface area contributed by atoms with E-state index in [0.29, 0.717) is 6.04 Å². The van der Waals surface area contributed by atoms with Gasteiger partial charge in [-0.25, -0.2) is 0 Å². The van der Waals surface area contributed by atoms with E-state index in [1.807, 2.05) is 6.07 Å². The van der Waals surface area contributed by atoms with E-state index < -0.39 is 0 Å². The summed E-state index contributed by atoms with van der Waals surface area (Å²) in [6.07, 6.45) is 3.54. The van der Waals surface area contributed by atoms with Gasteiger partial charge in [-0.1, -0.05) is 38.1 Å². The van der Waals surface area contributed by atoms with Crippen molar-refractivity contribution >= 4 is 10.8 Å². The van der Waals surface area contributed by atoms with Gasteiger partial charge < -0.3 is 10.1 Å². The second kappa shape index (κ2) is 7.46. The second-order valence-corrected chi connectivity index (χ2v) is 6.17. The minimum Gasteiger partial charge on any atom is -0.497 e. The van der Waals surface area contributed by atoms with Crippen molar-refractivity contribution in [2.45, 2.75) is 39.2 Å². The van der Waals surface area contributed by atoms with Gasteiger partial charge in [-0.05, 0) is 60.7 Å². The average Bonchev–Trinajstić information content (AvgIpc) is 2.50. The van der Waals surface area contributed by atoms with Gasteiger partial charge >= 0.3 is 0 Å². The highest BCUT2D eigenvalue weighted by Crippen LogP contribution is 2.25. The van der Waals surface area contributed by atoms with Gasteiger partial charge in [0.2, 0.25) is 0 Å². The summed E-state index contributed by atoms with van der Waals surface area (Å²) in [5.41, 5.74) is 1.40. The molecule has 1 unspecified atom stereocenters. The first-order chi connectivity index (χ1) is 10.1. The number of nitrogens with one attached hydrogen (secondary N) is 1. The number of benzene rings is 2. The molecular weight excluding hydrogens is 258 g/mol. The zero-order chi connectivity index (χ0) is 15.2. The van der Waals surface area contributed by atoms with Gasteiger partial charge in [0.1, 0.15) is 5.75 Å². The molecule has 0 aromatic heterocycles. The van der Waals surface area contributed by atoms with Crippen LogP contribution in [0.5, 0.6) is 5.75 Å². The Balaban J connectivity index is 2.23. The van der Waals surface area contributed by atoms with Crippen molar-refractivity contribution in [2.75, 3.05) is 14.2 Å². The molecule has 2 nitrogen and oxygen atoms in total. The third-order valence-corrected chi connectivity index (χ3v) is 4.15. The Morgan fingerprint density at radius 2 is 1.90 bits per heavy atom. The Labute approximate surface area is 128 Å². The number of likely N-dealkylation sites (N-methyl/N-ethyl adjacent to an activating group) is 1. The second-order valence-electron chi connectivity index (χ2n) is 6.17. The van der Waals surface area contributed by atoms with Crippen LogP contribution in [0.4, 0.5) is 0 Å². The van der Waals surface area contributed by atoms with Crippen LogP contribution in [0.15, 0.2) is 36.4 Å². The zero-order valence-electron chi connectivity index (χ0n) is 13.6. The fourth-order valence-electron chi connectivity index (χ4n) is 2.77. The van der Waals surface area contributed by atoms with Crippen molar-refractivity contribution in [3.8, 4) is 5.75 Å². The molecule has 0 saturated carbocycles. The molecule has 0 aliphatic carbocycles. The third-order valence-electron chi connectivity index (χ3n) is 4.15. The fourth-order valence-corrected chi connectivity index (χ4v) is 2.77. The van der Waals surface area contributed by atoms with E-state index in [1.54, 1.807) is 7.11 Å². The van der Waals surface area contributed by atoms with Gasteiger partial charge in [0.05, 0.1) is 7.11 Å². The van der Waals surface area contributed by atoms with Gasteiger partial charge in [0, 0.05) is 6.04 Å². The van der Waals surface area contributed by atoms with E-state index >= 15 is 0 Å². The molecule has 0 aliphatic rings. The minimum absolute atomic E-state index is 0.532. The molecule has 0 saturated heterocycles. The third kappa shape index (κ3) is 4.21. The van der Waals surface area contributed by atoms with Crippen molar-refractivity contribution in [3.63, 3.8) is 0 Å². The topological polar surface area (TPSA) is 21.3 Å². The summed E-state index contributed by atoms with van der Waals surface area (Å²) < 4.78 is 5.37. The molecule has 2 rings (SSSR count). The number of rotatable bonds is 7. The van der Waals surface area contributed by atoms with Crippen molar-refractivity contribution in [1.29, 1.82) is 0 Å². The van der Waals surface area contributed by atoms with Crippen molar-refractivity contribution in [3.05, 3.63) is 42.0 Å². The molecule has 0 heterocycles. The van der Waals surface area contributed by atoms with Crippen LogP contribution < -0.4 is 10.1 Å². The summed E-state index contributed by atoms with van der Waals surface area (Å²) >= 11 is 0. The van der Waals surface area contributed by atoms with Crippen molar-refractivity contribution < 1.29 is 4.74 Å². The van der Waals surface area contributed by atoms with E-state index in [2.05, 4.69) is 56.5 Å². The van der Waals surface area contributed by atoms with E-state index in [9.17, 15) is 0 Å². The van der Waals surface area contributed by atoms with Gasteiger partial charge in [0.15, 0.2) is 0 Å². The van der Waals surface area contributed by atoms with Crippen LogP contribution >= 0.6 is 0 Å². The molecule has 1 N–H and O–H groups in total. The van der Waals surface area contributed by atoms with Crippen molar-refractivity contribution in [2.24, 2.45) is 5.92 Å². The van der Waals surface area contributed by atoms with E-state index in [0.717, 1.165) is 18.1 Å². The fraction of sp³-hybridized carbons (Fsp3) is 0.474. The first kappa shape index (κ1) is 15.8. The van der Waals surface area contributed by atoms with Crippen LogP contribution in [0.3, 0.4) is 0 Å². The van der Waals surface area contributed by atoms with Gasteiger partial charge in [-0.3, -0.25) is 0 Å². The lowest BCUT2D eigenvalue weighted by Gasteiger charge is -2.18. The largest absolute Gasteiger partial charge is 0.497 e. The van der Waals surface area contributed by atoms with Crippen LogP contribution in [0.2, 0.25) is 0 Å². The summed E-state index contributed by atoms with van der Waals surface area (Å²) in [5.74, 6) is 1.69. The summed E-state index contributed by atoms with van der Waals surface area (Å²) in [5, 5.41) is 6.06. The maximum Gasteiger partial charge on any atom is 0.119 e. The Morgan fingerprint density at radius 3 is 2.57 bits per heavy atom. The normalized spacial score (nSPS) is 12.8. The van der Waals surface area contributed by atoms with Gasteiger partial charge in [0.25, 0.3) is 0 Å². The minimum atomic E-state index is 0.532. The molecule has 0 spiro atoms. The van der Waals surface area contributed by atoms with Gasteiger partial charge in [-0.15, -0.1) is 0 Å². The molecule has 0 radical (unpaired) electrons. The Kier molecular flexibility index (Phi) is 5.63. The molecule has 1 atom stereocenters. The molecule has 0 amide bonds. The van der Waals surface area contributed by atoms with Gasteiger partial charge in [-0.2, -0.15) is 0 Å². The quantitative estimate of drug-likeness (QED) is 0.813. The lowest BCUT2D eigenvalue weighted by Crippen LogP contribution is -2.28. The molecule has 2 aromatic carbocycles. The maximum absolute atomic E-state index is 5.37. The van der Waals surface area contributed by atoms with E-state index in [1.165, 1.54) is 29.2 Å². The number of ether oxygens (including phenoxy) is 1. The van der Waals surface area contributed by atoms with E-state index in [4.69, 9.17) is 4.74 Å². The number of hydrogen-bond acceptors (Lipinski definition) is 2. The summed E-state index contributed by atoms with van der Waals surface area (Å²) in [6.45, 7) is 4.57. The first-order valence-corrected chi connectivity index (χ1v) is 7.87. The molecule has 0 fully saturated rings. The highest BCUT2D eigenvalue weighted by atomic mass is 16.5. The molecule has 114 valence electrons. The summed E-state index contributed by atoms with van der Waals surface area (Å²) in [7, 11) is 3.79. The highest BCUT2D eigenvalue weighted by Gasteiger charge is 2.11. The molecule has 2 aromatic rings.